The molecule has 2 rings (SSSR count). The maximum atomic E-state index is 12.6. The normalized spacial score (nSPS) is 29.5. The molecule has 18 heavy (non-hydrogen) atoms. The highest BCUT2D eigenvalue weighted by molar-refractivity contribution is 9.10. The molecule has 1 nitrogen and oxygen atoms in total. The van der Waals surface area contributed by atoms with E-state index in [-0.39, 0.29) is 12.8 Å². The molecule has 0 radical (unpaired) electrons. The Bertz CT molecular complexity index is 408. The van der Waals surface area contributed by atoms with Crippen molar-refractivity contribution in [1.82, 2.24) is 0 Å². The number of thiophene rings is 1. The first-order chi connectivity index (χ1) is 8.30. The Morgan fingerprint density at radius 3 is 2.44 bits per heavy atom. The molecular formula is C12H15BrF3NS. The first-order valence-corrected chi connectivity index (χ1v) is 7.55. The quantitative estimate of drug-likeness (QED) is 0.841. The van der Waals surface area contributed by atoms with Crippen LogP contribution in [0.25, 0.3) is 0 Å². The molecule has 0 spiro atoms. The second-order valence-electron chi connectivity index (χ2n) is 5.05. The summed E-state index contributed by atoms with van der Waals surface area (Å²) in [6.45, 7) is 0. The minimum absolute atomic E-state index is 0.156. The fraction of sp³-hybridized carbons (Fsp3) is 0.667. The van der Waals surface area contributed by atoms with Gasteiger partial charge in [0.05, 0.1) is 5.92 Å². The number of nitrogens with two attached hydrogens (primary N) is 1. The second-order valence-corrected chi connectivity index (χ2v) is 6.90. The van der Waals surface area contributed by atoms with Crippen molar-refractivity contribution in [1.29, 1.82) is 0 Å². The van der Waals surface area contributed by atoms with E-state index in [0.29, 0.717) is 19.3 Å². The predicted octanol–water partition coefficient (Wildman–Crippen LogP) is 4.50. The molecule has 0 atom stereocenters. The lowest BCUT2D eigenvalue weighted by Crippen LogP contribution is -2.47. The van der Waals surface area contributed by atoms with E-state index in [2.05, 4.69) is 15.9 Å². The minimum atomic E-state index is -4.06. The van der Waals surface area contributed by atoms with E-state index in [1.54, 1.807) is 11.3 Å². The fourth-order valence-corrected chi connectivity index (χ4v) is 4.12. The summed E-state index contributed by atoms with van der Waals surface area (Å²) >= 11 is 5.03. The van der Waals surface area contributed by atoms with Crippen LogP contribution >= 0.6 is 27.3 Å². The summed E-state index contributed by atoms with van der Waals surface area (Å²) in [7, 11) is 0. The summed E-state index contributed by atoms with van der Waals surface area (Å²) in [6, 6.07) is 1.95. The van der Waals surface area contributed by atoms with Gasteiger partial charge < -0.3 is 5.73 Å². The molecule has 102 valence electrons. The van der Waals surface area contributed by atoms with E-state index >= 15 is 0 Å². The Kier molecular flexibility index (Phi) is 4.09. The van der Waals surface area contributed by atoms with E-state index in [1.165, 1.54) is 0 Å². The average Bonchev–Trinajstić information content (AvgIpc) is 2.63. The average molecular weight is 342 g/mol. The lowest BCUT2D eigenvalue weighted by Gasteiger charge is -2.37. The molecule has 0 aliphatic heterocycles. The Labute approximate surface area is 117 Å². The van der Waals surface area contributed by atoms with Crippen LogP contribution in [0.3, 0.4) is 0 Å². The predicted molar refractivity (Wildman–Crippen MR) is 70.7 cm³/mol. The molecule has 1 aliphatic rings. The third-order valence-corrected chi connectivity index (χ3v) is 5.57. The summed E-state index contributed by atoms with van der Waals surface area (Å²) in [5, 5.41) is 1.96. The molecular weight excluding hydrogens is 327 g/mol. The van der Waals surface area contributed by atoms with E-state index in [4.69, 9.17) is 5.73 Å². The van der Waals surface area contributed by atoms with Crippen LogP contribution in [-0.2, 0) is 6.42 Å². The maximum absolute atomic E-state index is 12.6. The van der Waals surface area contributed by atoms with Crippen molar-refractivity contribution in [3.8, 4) is 0 Å². The van der Waals surface area contributed by atoms with E-state index in [0.717, 1.165) is 9.35 Å². The van der Waals surface area contributed by atoms with Gasteiger partial charge in [-0.05, 0) is 53.1 Å². The maximum Gasteiger partial charge on any atom is 0.391 e. The first-order valence-electron chi connectivity index (χ1n) is 5.88. The lowest BCUT2D eigenvalue weighted by atomic mass is 9.75. The molecule has 2 N–H and O–H groups in total. The third-order valence-electron chi connectivity index (χ3n) is 3.65. The van der Waals surface area contributed by atoms with Crippen molar-refractivity contribution in [2.45, 2.75) is 43.8 Å². The molecule has 1 aliphatic carbocycles. The second kappa shape index (κ2) is 5.13. The highest BCUT2D eigenvalue weighted by atomic mass is 79.9. The number of hydrogen-bond acceptors (Lipinski definition) is 2. The van der Waals surface area contributed by atoms with Crippen LogP contribution in [-0.4, -0.2) is 11.7 Å². The van der Waals surface area contributed by atoms with Crippen molar-refractivity contribution in [3.05, 3.63) is 20.8 Å². The van der Waals surface area contributed by atoms with Crippen LogP contribution in [0.2, 0.25) is 0 Å². The van der Waals surface area contributed by atoms with Crippen LogP contribution in [0.1, 0.15) is 30.6 Å². The van der Waals surface area contributed by atoms with Gasteiger partial charge in [-0.15, -0.1) is 11.3 Å². The number of rotatable bonds is 2. The summed E-state index contributed by atoms with van der Waals surface area (Å²) in [6.07, 6.45) is -2.20. The molecule has 1 aromatic rings. The topological polar surface area (TPSA) is 26.0 Å². The summed E-state index contributed by atoms with van der Waals surface area (Å²) < 4.78 is 38.8. The Morgan fingerprint density at radius 1 is 1.39 bits per heavy atom. The lowest BCUT2D eigenvalue weighted by molar-refractivity contribution is -0.184. The molecule has 1 heterocycles. The number of alkyl halides is 3. The van der Waals surface area contributed by atoms with Gasteiger partial charge >= 0.3 is 6.18 Å². The smallest absolute Gasteiger partial charge is 0.325 e. The van der Waals surface area contributed by atoms with E-state index in [1.807, 2.05) is 11.4 Å². The van der Waals surface area contributed by atoms with Crippen molar-refractivity contribution in [2.24, 2.45) is 11.7 Å². The van der Waals surface area contributed by atoms with Gasteiger partial charge in [0, 0.05) is 21.3 Å². The Morgan fingerprint density at radius 2 is 2.00 bits per heavy atom. The Hall–Kier alpha value is -0.0700. The molecule has 1 saturated carbocycles. The molecule has 0 saturated heterocycles. The van der Waals surface area contributed by atoms with Crippen molar-refractivity contribution in [3.63, 3.8) is 0 Å². The minimum Gasteiger partial charge on any atom is -0.325 e. The van der Waals surface area contributed by atoms with Gasteiger partial charge in [-0.25, -0.2) is 0 Å². The standard InChI is InChI=1S/C12H15BrF3NS/c13-9-3-6-18-10(9)7-11(17)4-1-8(2-5-11)12(14,15)16/h3,6,8H,1-2,4-5,7,17H2. The van der Waals surface area contributed by atoms with Gasteiger partial charge in [-0.2, -0.15) is 13.2 Å². The third kappa shape index (κ3) is 3.27. The summed E-state index contributed by atoms with van der Waals surface area (Å²) in [4.78, 5) is 1.13. The first kappa shape index (κ1) is 14.3. The van der Waals surface area contributed by atoms with Crippen LogP contribution < -0.4 is 5.73 Å². The largest absolute Gasteiger partial charge is 0.391 e. The molecule has 1 fully saturated rings. The highest BCUT2D eigenvalue weighted by Gasteiger charge is 2.44. The monoisotopic (exact) mass is 341 g/mol. The van der Waals surface area contributed by atoms with Gasteiger partial charge in [0.15, 0.2) is 0 Å². The molecule has 1 aromatic heterocycles. The molecule has 0 bridgehead atoms. The number of halogens is 4. The zero-order valence-electron chi connectivity index (χ0n) is 9.77. The van der Waals surface area contributed by atoms with Crippen LogP contribution in [0, 0.1) is 5.92 Å². The van der Waals surface area contributed by atoms with Gasteiger partial charge in [-0.3, -0.25) is 0 Å². The fourth-order valence-electron chi connectivity index (χ4n) is 2.47. The van der Waals surface area contributed by atoms with Crippen molar-refractivity contribution in [2.75, 3.05) is 0 Å². The molecule has 0 amide bonds. The van der Waals surface area contributed by atoms with Crippen LogP contribution in [0.4, 0.5) is 13.2 Å². The SMILES string of the molecule is NC1(Cc2sccc2Br)CCC(C(F)(F)F)CC1. The van der Waals surface area contributed by atoms with E-state index < -0.39 is 17.6 Å². The zero-order chi connectivity index (χ0) is 13.4. The van der Waals surface area contributed by atoms with Crippen LogP contribution in [0.15, 0.2) is 15.9 Å². The highest BCUT2D eigenvalue weighted by Crippen LogP contribution is 2.42. The van der Waals surface area contributed by atoms with Gasteiger partial charge in [0.1, 0.15) is 0 Å². The van der Waals surface area contributed by atoms with Gasteiger partial charge in [0.2, 0.25) is 0 Å². The Balaban J connectivity index is 1.97. The molecule has 0 unspecified atom stereocenters. The summed E-state index contributed by atoms with van der Waals surface area (Å²) in [5.74, 6) is -1.17. The molecule has 0 aromatic carbocycles. The molecule has 6 heteroatoms. The summed E-state index contributed by atoms with van der Waals surface area (Å²) in [5.41, 5.74) is 5.77. The van der Waals surface area contributed by atoms with Gasteiger partial charge in [-0.1, -0.05) is 0 Å². The van der Waals surface area contributed by atoms with Crippen LogP contribution in [0.5, 0.6) is 0 Å². The number of hydrogen-bond donors (Lipinski definition) is 1. The zero-order valence-corrected chi connectivity index (χ0v) is 12.2. The van der Waals surface area contributed by atoms with Crippen molar-refractivity contribution < 1.29 is 13.2 Å². The van der Waals surface area contributed by atoms with E-state index in [9.17, 15) is 13.2 Å². The van der Waals surface area contributed by atoms with Gasteiger partial charge in [0.25, 0.3) is 0 Å². The van der Waals surface area contributed by atoms with Crippen molar-refractivity contribution >= 4 is 27.3 Å².